The second kappa shape index (κ2) is 5.66. The molecule has 0 radical (unpaired) electrons. The molecule has 1 atom stereocenters. The molecule has 0 aliphatic carbocycles. The van der Waals surface area contributed by atoms with Gasteiger partial charge in [-0.15, -0.1) is 21.8 Å². The molecule has 0 fully saturated rings. The van der Waals surface area contributed by atoms with E-state index in [0.29, 0.717) is 10.1 Å². The topological polar surface area (TPSA) is 0 Å². The molecule has 0 aromatic heterocycles. The van der Waals surface area contributed by atoms with Crippen LogP contribution in [0.3, 0.4) is 0 Å². The molecule has 0 spiro atoms. The second-order valence-corrected chi connectivity index (χ2v) is 16.8. The third kappa shape index (κ3) is 2.55. The van der Waals surface area contributed by atoms with Gasteiger partial charge in [0.05, 0.1) is 0 Å². The van der Waals surface area contributed by atoms with E-state index in [1.54, 1.807) is 0 Å². The summed E-state index contributed by atoms with van der Waals surface area (Å²) in [4.78, 5) is 0. The lowest BCUT2D eigenvalue weighted by Gasteiger charge is -2.50. The van der Waals surface area contributed by atoms with Crippen molar-refractivity contribution in [3.05, 3.63) is 35.9 Å². The van der Waals surface area contributed by atoms with Crippen LogP contribution in [0.4, 0.5) is 0 Å². The first-order chi connectivity index (χ1) is 8.23. The van der Waals surface area contributed by atoms with Gasteiger partial charge in [-0.1, -0.05) is 84.3 Å². The smallest absolute Gasteiger partial charge is 0.117 e. The molecule has 0 amide bonds. The van der Waals surface area contributed by atoms with Crippen molar-refractivity contribution in [2.45, 2.75) is 64.1 Å². The Labute approximate surface area is 127 Å². The van der Waals surface area contributed by atoms with E-state index in [9.17, 15) is 0 Å². The predicted molar refractivity (Wildman–Crippen MR) is 94.1 cm³/mol. The second-order valence-electron chi connectivity index (χ2n) is 6.38. The first-order valence-corrected chi connectivity index (χ1v) is 12.3. The summed E-state index contributed by atoms with van der Waals surface area (Å²) in [6, 6.07) is 12.4. The quantitative estimate of drug-likeness (QED) is 0.332. The van der Waals surface area contributed by atoms with Crippen LogP contribution in [0.15, 0.2) is 30.3 Å². The predicted octanol–water partition coefficient (Wildman–Crippen LogP) is 6.09. The van der Waals surface area contributed by atoms with Crippen molar-refractivity contribution in [3.8, 4) is 0 Å². The molecular formula is C16H27ISi. The molecule has 2 heteroatoms. The zero-order valence-electron chi connectivity index (χ0n) is 12.7. The monoisotopic (exact) mass is 374 g/mol. The molecular weight excluding hydrogens is 347 g/mol. The summed E-state index contributed by atoms with van der Waals surface area (Å²) >= 11 is 2.87. The maximum atomic E-state index is 2.87. The third-order valence-corrected chi connectivity index (χ3v) is 21.4. The Morgan fingerprint density at radius 3 is 1.89 bits per heavy atom. The lowest BCUT2D eigenvalue weighted by molar-refractivity contribution is 0.574. The SMILES string of the molecule is CCC(C)(C)[Si](I)(CC)C(C)(C)c1ccccc1. The molecule has 0 N–H and O–H groups in total. The fraction of sp³-hybridized carbons (Fsp3) is 0.625. The third-order valence-electron chi connectivity index (χ3n) is 4.93. The minimum Gasteiger partial charge on any atom is -0.117 e. The van der Waals surface area contributed by atoms with Crippen LogP contribution in [0.25, 0.3) is 0 Å². The van der Waals surface area contributed by atoms with Crippen molar-refractivity contribution >= 4 is 27.4 Å². The van der Waals surface area contributed by atoms with Gasteiger partial charge in [0.25, 0.3) is 0 Å². The Bertz CT molecular complexity index is 383. The molecule has 1 aromatic rings. The fourth-order valence-electron chi connectivity index (χ4n) is 3.13. The average molecular weight is 374 g/mol. The highest BCUT2D eigenvalue weighted by Gasteiger charge is 2.53. The van der Waals surface area contributed by atoms with Crippen LogP contribution in [-0.4, -0.2) is 5.57 Å². The molecule has 0 saturated carbocycles. The summed E-state index contributed by atoms with van der Waals surface area (Å²) in [5.41, 5.74) is 0.0593. The molecule has 0 saturated heterocycles. The Morgan fingerprint density at radius 2 is 1.50 bits per heavy atom. The van der Waals surface area contributed by atoms with E-state index in [1.807, 2.05) is 0 Å². The maximum Gasteiger partial charge on any atom is 0.140 e. The van der Waals surface area contributed by atoms with Gasteiger partial charge in [0.1, 0.15) is 5.57 Å². The Balaban J connectivity index is 3.31. The molecule has 18 heavy (non-hydrogen) atoms. The lowest BCUT2D eigenvalue weighted by atomic mass is 10.0. The number of rotatable bonds is 5. The highest BCUT2D eigenvalue weighted by atomic mass is 127. The fourth-order valence-corrected chi connectivity index (χ4v) is 9.93. The molecule has 1 rings (SSSR count). The van der Waals surface area contributed by atoms with Crippen LogP contribution in [0, 0.1) is 0 Å². The summed E-state index contributed by atoms with van der Waals surface area (Å²) in [5, 5.41) is 0.769. The van der Waals surface area contributed by atoms with Gasteiger partial charge in [-0.2, -0.15) is 0 Å². The molecule has 0 aliphatic heterocycles. The summed E-state index contributed by atoms with van der Waals surface area (Å²) < 4.78 is 0. The van der Waals surface area contributed by atoms with E-state index in [1.165, 1.54) is 18.0 Å². The van der Waals surface area contributed by atoms with Gasteiger partial charge in [-0.25, -0.2) is 0 Å². The van der Waals surface area contributed by atoms with Gasteiger partial charge in [0.2, 0.25) is 0 Å². The zero-order chi connectivity index (χ0) is 14.0. The van der Waals surface area contributed by atoms with Crippen molar-refractivity contribution in [3.63, 3.8) is 0 Å². The van der Waals surface area contributed by atoms with Crippen LogP contribution >= 0.6 is 21.8 Å². The molecule has 102 valence electrons. The standard InChI is InChI=1S/C16H27ISi/c1-7-15(3,4)18(17,8-2)16(5,6)14-12-10-9-11-13-14/h9-13H,7-8H2,1-6H3. The van der Waals surface area contributed by atoms with Gasteiger partial charge in [-0.05, 0) is 15.6 Å². The van der Waals surface area contributed by atoms with Crippen molar-refractivity contribution in [1.82, 2.24) is 0 Å². The largest absolute Gasteiger partial charge is 0.140 e. The van der Waals surface area contributed by atoms with E-state index in [-0.39, 0.29) is 0 Å². The molecule has 1 unspecified atom stereocenters. The molecule has 0 nitrogen and oxygen atoms in total. The highest BCUT2D eigenvalue weighted by molar-refractivity contribution is 14.1. The Morgan fingerprint density at radius 1 is 1.00 bits per heavy atom. The molecule has 1 aromatic carbocycles. The van der Waals surface area contributed by atoms with Crippen LogP contribution in [0.2, 0.25) is 11.1 Å². The first-order valence-electron chi connectivity index (χ1n) is 6.97. The van der Waals surface area contributed by atoms with Crippen LogP contribution in [0.1, 0.15) is 53.5 Å². The van der Waals surface area contributed by atoms with Gasteiger partial charge >= 0.3 is 0 Å². The minimum atomic E-state index is -1.45. The minimum absolute atomic E-state index is 0.309. The van der Waals surface area contributed by atoms with Crippen molar-refractivity contribution in [2.75, 3.05) is 0 Å². The molecule has 0 aliphatic rings. The van der Waals surface area contributed by atoms with E-state index in [2.05, 4.69) is 93.7 Å². The number of halogens is 1. The van der Waals surface area contributed by atoms with Crippen molar-refractivity contribution in [1.29, 1.82) is 0 Å². The first kappa shape index (κ1) is 16.2. The summed E-state index contributed by atoms with van der Waals surface area (Å²) in [6.07, 6.45) is 1.27. The number of hydrogen-bond acceptors (Lipinski definition) is 0. The Kier molecular flexibility index (Phi) is 5.10. The van der Waals surface area contributed by atoms with E-state index >= 15 is 0 Å². The van der Waals surface area contributed by atoms with Crippen LogP contribution in [-0.2, 0) is 5.04 Å². The van der Waals surface area contributed by atoms with Crippen molar-refractivity contribution < 1.29 is 0 Å². The van der Waals surface area contributed by atoms with Crippen LogP contribution in [0.5, 0.6) is 0 Å². The molecule has 0 heterocycles. The summed E-state index contributed by atoms with van der Waals surface area (Å²) in [5.74, 6) is 0. The molecule has 0 bridgehead atoms. The summed E-state index contributed by atoms with van der Waals surface area (Å²) in [6.45, 7) is 14.6. The van der Waals surface area contributed by atoms with Crippen LogP contribution < -0.4 is 0 Å². The van der Waals surface area contributed by atoms with Gasteiger partial charge in [0, 0.05) is 0 Å². The Hall–Kier alpha value is 0.167. The van der Waals surface area contributed by atoms with Gasteiger partial charge in [0.15, 0.2) is 0 Å². The summed E-state index contributed by atoms with van der Waals surface area (Å²) in [7, 11) is 0. The van der Waals surface area contributed by atoms with E-state index in [4.69, 9.17) is 0 Å². The lowest BCUT2D eigenvalue weighted by Crippen LogP contribution is -2.54. The van der Waals surface area contributed by atoms with E-state index in [0.717, 1.165) is 0 Å². The van der Waals surface area contributed by atoms with Gasteiger partial charge < -0.3 is 0 Å². The zero-order valence-corrected chi connectivity index (χ0v) is 15.8. The van der Waals surface area contributed by atoms with Gasteiger partial charge in [-0.3, -0.25) is 0 Å². The maximum absolute atomic E-state index is 2.87. The normalized spacial score (nSPS) is 16.4. The highest BCUT2D eigenvalue weighted by Crippen LogP contribution is 2.56. The average Bonchev–Trinajstić information content (AvgIpc) is 2.38. The van der Waals surface area contributed by atoms with Crippen molar-refractivity contribution in [2.24, 2.45) is 0 Å². The number of hydrogen-bond donors (Lipinski definition) is 0. The van der Waals surface area contributed by atoms with E-state index < -0.39 is 5.57 Å². The number of benzene rings is 1.